The van der Waals surface area contributed by atoms with E-state index in [1.165, 1.54) is 41.1 Å². The van der Waals surface area contributed by atoms with Gasteiger partial charge in [0, 0.05) is 31.1 Å². The first kappa shape index (κ1) is 17.7. The van der Waals surface area contributed by atoms with Crippen LogP contribution in [0.25, 0.3) is 10.2 Å². The molecule has 2 N–H and O–H groups in total. The summed E-state index contributed by atoms with van der Waals surface area (Å²) >= 11 is 1.93. The first-order chi connectivity index (χ1) is 12.8. The molecule has 0 bridgehead atoms. The summed E-state index contributed by atoms with van der Waals surface area (Å²) in [5.41, 5.74) is 9.12. The fourth-order valence-electron chi connectivity index (χ4n) is 5.49. The minimum absolute atomic E-state index is 0.339. The number of hydrogen-bond acceptors (Lipinski definition) is 6. The molecule has 5 rings (SSSR count). The van der Waals surface area contributed by atoms with Crippen molar-refractivity contribution in [2.75, 3.05) is 43.9 Å². The van der Waals surface area contributed by atoms with Gasteiger partial charge in [-0.25, -0.2) is 4.98 Å². The quantitative estimate of drug-likeness (QED) is 0.815. The Morgan fingerprint density at radius 2 is 1.78 bits per heavy atom. The molecule has 2 aromatic rings. The highest BCUT2D eigenvalue weighted by molar-refractivity contribution is 7.19. The Morgan fingerprint density at radius 1 is 1.07 bits per heavy atom. The first-order valence-corrected chi connectivity index (χ1v) is 11.1. The highest BCUT2D eigenvalue weighted by Gasteiger charge is 2.40. The molecule has 1 aliphatic carbocycles. The molecule has 2 aromatic heterocycles. The van der Waals surface area contributed by atoms with Gasteiger partial charge in [0.15, 0.2) is 5.82 Å². The third-order valence-electron chi connectivity index (χ3n) is 7.08. The second-order valence-electron chi connectivity index (χ2n) is 10.0. The second kappa shape index (κ2) is 6.05. The maximum absolute atomic E-state index is 6.19. The van der Waals surface area contributed by atoms with Gasteiger partial charge in [-0.3, -0.25) is 0 Å². The predicted molar refractivity (Wildman–Crippen MR) is 113 cm³/mol. The van der Waals surface area contributed by atoms with Gasteiger partial charge < -0.3 is 15.5 Å². The average Bonchev–Trinajstić information content (AvgIpc) is 3.23. The molecule has 2 aliphatic heterocycles. The summed E-state index contributed by atoms with van der Waals surface area (Å²) in [5, 5.41) is 0. The molecule has 2 saturated heterocycles. The SMILES string of the molecule is CN1C[C@@H]2CN(c3nc(N)nc4c5c(sc34)CCC(C(C)(C)C)C5)C[C@@H]2C1. The lowest BCUT2D eigenvalue weighted by atomic mass is 9.72. The maximum atomic E-state index is 6.19. The third-order valence-corrected chi connectivity index (χ3v) is 8.35. The van der Waals surface area contributed by atoms with Crippen molar-refractivity contribution in [1.29, 1.82) is 0 Å². The van der Waals surface area contributed by atoms with Crippen molar-refractivity contribution in [1.82, 2.24) is 14.9 Å². The minimum Gasteiger partial charge on any atom is -0.368 e. The van der Waals surface area contributed by atoms with Crippen molar-refractivity contribution in [2.45, 2.75) is 40.0 Å². The van der Waals surface area contributed by atoms with E-state index in [1.807, 2.05) is 11.3 Å². The van der Waals surface area contributed by atoms with E-state index >= 15 is 0 Å². The van der Waals surface area contributed by atoms with Crippen LogP contribution < -0.4 is 10.6 Å². The van der Waals surface area contributed by atoms with Crippen molar-refractivity contribution in [3.8, 4) is 0 Å². The fourth-order valence-corrected chi connectivity index (χ4v) is 6.79. The number of nitrogens with zero attached hydrogens (tertiary/aromatic N) is 4. The molecule has 1 unspecified atom stereocenters. The molecule has 5 nitrogen and oxygen atoms in total. The Bertz CT molecular complexity index is 869. The number of nitrogen functional groups attached to an aromatic ring is 1. The zero-order valence-electron chi connectivity index (χ0n) is 17.0. The molecule has 0 radical (unpaired) electrons. The molecule has 0 spiro atoms. The largest absolute Gasteiger partial charge is 0.368 e. The summed E-state index contributed by atoms with van der Waals surface area (Å²) < 4.78 is 1.28. The average molecular weight is 386 g/mol. The van der Waals surface area contributed by atoms with Crippen molar-refractivity contribution in [3.63, 3.8) is 0 Å². The lowest BCUT2D eigenvalue weighted by molar-refractivity contribution is 0.217. The molecule has 27 heavy (non-hydrogen) atoms. The lowest BCUT2D eigenvalue weighted by Crippen LogP contribution is -2.27. The molecule has 2 fully saturated rings. The smallest absolute Gasteiger partial charge is 0.222 e. The Morgan fingerprint density at radius 3 is 2.44 bits per heavy atom. The molecule has 3 atom stereocenters. The summed E-state index contributed by atoms with van der Waals surface area (Å²) in [7, 11) is 2.24. The standard InChI is InChI=1S/C21H31N5S/c1-21(2,3)14-5-6-16-15(7-14)17-18(27-16)19(24-20(22)23-17)26-10-12-8-25(4)9-13(12)11-26/h12-14H,5-11H2,1-4H3,(H2,22,23,24)/t12-,13+,14?. The van der Waals surface area contributed by atoms with Gasteiger partial charge in [0.05, 0.1) is 10.2 Å². The van der Waals surface area contributed by atoms with Gasteiger partial charge in [0.1, 0.15) is 0 Å². The van der Waals surface area contributed by atoms with Crippen LogP contribution in [0.1, 0.15) is 37.6 Å². The fraction of sp³-hybridized carbons (Fsp3) is 0.714. The highest BCUT2D eigenvalue weighted by atomic mass is 32.1. The van der Waals surface area contributed by atoms with Crippen molar-refractivity contribution >= 4 is 33.3 Å². The molecule has 0 aromatic carbocycles. The molecule has 3 aliphatic rings. The predicted octanol–water partition coefficient (Wildman–Crippen LogP) is 3.42. The number of thiophene rings is 1. The minimum atomic E-state index is 0.339. The Labute approximate surface area is 166 Å². The summed E-state index contributed by atoms with van der Waals surface area (Å²) in [4.78, 5) is 15.9. The number of anilines is 2. The van der Waals surface area contributed by atoms with Crippen LogP contribution in [0.3, 0.4) is 0 Å². The van der Waals surface area contributed by atoms with Crippen LogP contribution in [-0.4, -0.2) is 48.1 Å². The number of likely N-dealkylation sites (tertiary alicyclic amines) is 1. The van der Waals surface area contributed by atoms with Crippen molar-refractivity contribution < 1.29 is 0 Å². The lowest BCUT2D eigenvalue weighted by Gasteiger charge is -2.33. The number of nitrogens with two attached hydrogens (primary N) is 1. The van der Waals surface area contributed by atoms with Gasteiger partial charge in [-0.1, -0.05) is 20.8 Å². The number of aromatic nitrogens is 2. The summed E-state index contributed by atoms with van der Waals surface area (Å²) in [6.45, 7) is 11.7. The first-order valence-electron chi connectivity index (χ1n) is 10.3. The molecule has 0 saturated carbocycles. The number of rotatable bonds is 1. The number of fused-ring (bicyclic) bond motifs is 4. The van der Waals surface area contributed by atoms with Crippen LogP contribution in [-0.2, 0) is 12.8 Å². The van der Waals surface area contributed by atoms with Crippen LogP contribution in [0.5, 0.6) is 0 Å². The molecular weight excluding hydrogens is 354 g/mol. The molecule has 6 heteroatoms. The zero-order valence-corrected chi connectivity index (χ0v) is 17.8. The van der Waals surface area contributed by atoms with E-state index in [4.69, 9.17) is 15.7 Å². The number of aryl methyl sites for hydroxylation is 1. The van der Waals surface area contributed by atoms with E-state index in [-0.39, 0.29) is 0 Å². The van der Waals surface area contributed by atoms with Gasteiger partial charge in [-0.15, -0.1) is 11.3 Å². The van der Waals surface area contributed by atoms with Crippen LogP contribution in [0, 0.1) is 23.2 Å². The van der Waals surface area contributed by atoms with Crippen molar-refractivity contribution in [2.24, 2.45) is 23.2 Å². The topological polar surface area (TPSA) is 58.3 Å². The van der Waals surface area contributed by atoms with E-state index in [9.17, 15) is 0 Å². The summed E-state index contributed by atoms with van der Waals surface area (Å²) in [5.74, 6) is 3.78. The maximum Gasteiger partial charge on any atom is 0.222 e. The Hall–Kier alpha value is -1.40. The molecular formula is C21H31N5S. The number of hydrogen-bond donors (Lipinski definition) is 1. The van der Waals surface area contributed by atoms with Crippen LogP contribution >= 0.6 is 11.3 Å². The van der Waals surface area contributed by atoms with Gasteiger partial charge in [-0.05, 0) is 55.0 Å². The van der Waals surface area contributed by atoms with Gasteiger partial charge >= 0.3 is 0 Å². The normalized spacial score (nSPS) is 28.7. The van der Waals surface area contributed by atoms with Gasteiger partial charge in [-0.2, -0.15) is 4.98 Å². The van der Waals surface area contributed by atoms with E-state index in [1.54, 1.807) is 0 Å². The van der Waals surface area contributed by atoms with Crippen LogP contribution in [0.15, 0.2) is 0 Å². The zero-order chi connectivity index (χ0) is 18.9. The summed E-state index contributed by atoms with van der Waals surface area (Å²) in [6, 6.07) is 0. The van der Waals surface area contributed by atoms with E-state index in [0.717, 1.165) is 42.7 Å². The van der Waals surface area contributed by atoms with Gasteiger partial charge in [0.2, 0.25) is 5.95 Å². The van der Waals surface area contributed by atoms with E-state index in [0.29, 0.717) is 17.3 Å². The monoisotopic (exact) mass is 385 g/mol. The third kappa shape index (κ3) is 2.92. The highest BCUT2D eigenvalue weighted by Crippen LogP contribution is 2.46. The molecule has 0 amide bonds. The van der Waals surface area contributed by atoms with Crippen LogP contribution in [0.2, 0.25) is 0 Å². The second-order valence-corrected chi connectivity index (χ2v) is 11.1. The van der Waals surface area contributed by atoms with E-state index in [2.05, 4.69) is 37.6 Å². The summed E-state index contributed by atoms with van der Waals surface area (Å²) in [6.07, 6.45) is 3.58. The molecule has 4 heterocycles. The molecule has 146 valence electrons. The van der Waals surface area contributed by atoms with Gasteiger partial charge in [0.25, 0.3) is 0 Å². The Kier molecular flexibility index (Phi) is 3.96. The van der Waals surface area contributed by atoms with E-state index < -0.39 is 0 Å². The van der Waals surface area contributed by atoms with Crippen molar-refractivity contribution in [3.05, 3.63) is 10.4 Å². The van der Waals surface area contributed by atoms with Crippen LogP contribution in [0.4, 0.5) is 11.8 Å². The Balaban J connectivity index is 1.53.